The second kappa shape index (κ2) is 2.30. The van der Waals surface area contributed by atoms with Crippen molar-refractivity contribution in [2.45, 2.75) is 0 Å². The summed E-state index contributed by atoms with van der Waals surface area (Å²) in [4.78, 5) is 17.2. The molecule has 4 N–H and O–H groups in total. The maximum absolute atomic E-state index is 10.0. The number of nitrogens with two attached hydrogens (primary N) is 2. The molecule has 0 saturated heterocycles. The van der Waals surface area contributed by atoms with Crippen LogP contribution in [0.1, 0.15) is 10.6 Å². The molecule has 0 aliphatic heterocycles. The number of hydrogen-bond acceptors (Lipinski definition) is 5. The minimum absolute atomic E-state index is 0.0479. The Balaban J connectivity index is 3.16. The van der Waals surface area contributed by atoms with E-state index in [1.807, 2.05) is 0 Å². The SMILES string of the molecule is Nc1cnc(C=O)nc1N. The Kier molecular flexibility index (Phi) is 1.49. The molecule has 0 fully saturated rings. The van der Waals surface area contributed by atoms with Gasteiger partial charge in [-0.05, 0) is 0 Å². The smallest absolute Gasteiger partial charge is 0.194 e. The van der Waals surface area contributed by atoms with Gasteiger partial charge < -0.3 is 11.5 Å². The molecule has 5 heteroatoms. The molecular weight excluding hydrogens is 132 g/mol. The summed E-state index contributed by atoms with van der Waals surface area (Å²) >= 11 is 0. The number of carbonyl (C=O) groups is 1. The normalized spacial score (nSPS) is 9.20. The molecule has 0 saturated carbocycles. The van der Waals surface area contributed by atoms with Crippen molar-refractivity contribution < 1.29 is 4.79 Å². The van der Waals surface area contributed by atoms with E-state index in [0.29, 0.717) is 6.29 Å². The maximum atomic E-state index is 10.0. The van der Waals surface area contributed by atoms with Crippen LogP contribution in [0.3, 0.4) is 0 Å². The molecule has 0 spiro atoms. The minimum atomic E-state index is 0.0479. The molecule has 5 nitrogen and oxygen atoms in total. The predicted octanol–water partition coefficient (Wildman–Crippen LogP) is -0.546. The van der Waals surface area contributed by atoms with Crippen LogP contribution in [0.4, 0.5) is 11.5 Å². The van der Waals surface area contributed by atoms with Gasteiger partial charge in [0.15, 0.2) is 17.9 Å². The Morgan fingerprint density at radius 1 is 1.50 bits per heavy atom. The highest BCUT2D eigenvalue weighted by atomic mass is 16.1. The molecule has 0 radical (unpaired) electrons. The molecule has 1 aromatic rings. The van der Waals surface area contributed by atoms with Gasteiger partial charge in [0.1, 0.15) is 0 Å². The molecule has 0 unspecified atom stereocenters. The van der Waals surface area contributed by atoms with E-state index in [1.165, 1.54) is 6.20 Å². The Morgan fingerprint density at radius 2 is 2.20 bits per heavy atom. The van der Waals surface area contributed by atoms with Crippen LogP contribution in [-0.4, -0.2) is 16.3 Å². The highest BCUT2D eigenvalue weighted by Gasteiger charge is 1.97. The molecule has 0 bridgehead atoms. The highest BCUT2D eigenvalue weighted by molar-refractivity contribution is 5.71. The molecule has 0 atom stereocenters. The van der Waals surface area contributed by atoms with Crippen LogP contribution in [0.15, 0.2) is 6.20 Å². The van der Waals surface area contributed by atoms with Crippen LogP contribution in [0.5, 0.6) is 0 Å². The quantitative estimate of drug-likeness (QED) is 0.508. The number of aromatic nitrogens is 2. The van der Waals surface area contributed by atoms with Gasteiger partial charge in [0, 0.05) is 0 Å². The largest absolute Gasteiger partial charge is 0.394 e. The number of rotatable bonds is 1. The summed E-state index contributed by atoms with van der Waals surface area (Å²) in [6.07, 6.45) is 1.81. The van der Waals surface area contributed by atoms with Crippen LogP contribution < -0.4 is 11.5 Å². The minimum Gasteiger partial charge on any atom is -0.394 e. The molecule has 52 valence electrons. The van der Waals surface area contributed by atoms with Crippen molar-refractivity contribution in [3.63, 3.8) is 0 Å². The lowest BCUT2D eigenvalue weighted by Crippen LogP contribution is -2.02. The number of anilines is 2. The zero-order valence-corrected chi connectivity index (χ0v) is 5.11. The van der Waals surface area contributed by atoms with Crippen LogP contribution >= 0.6 is 0 Å². The van der Waals surface area contributed by atoms with Crippen molar-refractivity contribution in [3.05, 3.63) is 12.0 Å². The fourth-order valence-electron chi connectivity index (χ4n) is 0.475. The molecule has 10 heavy (non-hydrogen) atoms. The monoisotopic (exact) mass is 138 g/mol. The van der Waals surface area contributed by atoms with E-state index in [-0.39, 0.29) is 17.3 Å². The van der Waals surface area contributed by atoms with Gasteiger partial charge in [0.05, 0.1) is 11.9 Å². The van der Waals surface area contributed by atoms with E-state index in [4.69, 9.17) is 11.5 Å². The topological polar surface area (TPSA) is 94.9 Å². The molecule has 0 amide bonds. The fourth-order valence-corrected chi connectivity index (χ4v) is 0.475. The van der Waals surface area contributed by atoms with Crippen molar-refractivity contribution >= 4 is 17.8 Å². The van der Waals surface area contributed by atoms with Gasteiger partial charge in [-0.2, -0.15) is 0 Å². The van der Waals surface area contributed by atoms with Crippen LogP contribution in [0, 0.1) is 0 Å². The highest BCUT2D eigenvalue weighted by Crippen LogP contribution is 2.06. The van der Waals surface area contributed by atoms with Crippen molar-refractivity contribution in [1.82, 2.24) is 9.97 Å². The Bertz CT molecular complexity index is 260. The number of aldehydes is 1. The lowest BCUT2D eigenvalue weighted by Gasteiger charge is -1.95. The first-order chi connectivity index (χ1) is 4.74. The summed E-state index contributed by atoms with van der Waals surface area (Å²) in [5.41, 5.74) is 10.8. The average molecular weight is 138 g/mol. The second-order valence-electron chi connectivity index (χ2n) is 1.69. The molecule has 1 rings (SSSR count). The molecule has 1 aromatic heterocycles. The number of hydrogen-bond donors (Lipinski definition) is 2. The first-order valence-electron chi connectivity index (χ1n) is 2.57. The number of nitrogen functional groups attached to an aromatic ring is 2. The summed E-state index contributed by atoms with van der Waals surface area (Å²) in [5.74, 6) is 0.184. The zero-order chi connectivity index (χ0) is 7.56. The van der Waals surface area contributed by atoms with Gasteiger partial charge in [-0.25, -0.2) is 9.97 Å². The summed E-state index contributed by atoms with van der Waals surface area (Å²) in [5, 5.41) is 0. The van der Waals surface area contributed by atoms with Crippen molar-refractivity contribution in [1.29, 1.82) is 0 Å². The first-order valence-corrected chi connectivity index (χ1v) is 2.57. The van der Waals surface area contributed by atoms with Gasteiger partial charge in [0.2, 0.25) is 0 Å². The lowest BCUT2D eigenvalue weighted by atomic mass is 10.5. The van der Waals surface area contributed by atoms with Gasteiger partial charge in [-0.15, -0.1) is 0 Å². The van der Waals surface area contributed by atoms with E-state index in [9.17, 15) is 4.79 Å². The molecule has 0 aliphatic rings. The van der Waals surface area contributed by atoms with Gasteiger partial charge in [0.25, 0.3) is 0 Å². The maximum Gasteiger partial charge on any atom is 0.194 e. The van der Waals surface area contributed by atoms with E-state index < -0.39 is 0 Å². The summed E-state index contributed by atoms with van der Waals surface area (Å²) in [7, 11) is 0. The van der Waals surface area contributed by atoms with Gasteiger partial charge >= 0.3 is 0 Å². The molecule has 1 heterocycles. The third kappa shape index (κ3) is 1.02. The second-order valence-corrected chi connectivity index (χ2v) is 1.69. The third-order valence-electron chi connectivity index (χ3n) is 0.972. The third-order valence-corrected chi connectivity index (χ3v) is 0.972. The Hall–Kier alpha value is -1.65. The van der Waals surface area contributed by atoms with E-state index in [2.05, 4.69) is 9.97 Å². The van der Waals surface area contributed by atoms with E-state index in [1.54, 1.807) is 0 Å². The Labute approximate surface area is 57.1 Å². The average Bonchev–Trinajstić information content (AvgIpc) is 1.95. The Morgan fingerprint density at radius 3 is 2.70 bits per heavy atom. The van der Waals surface area contributed by atoms with Gasteiger partial charge in [-0.3, -0.25) is 4.79 Å². The first kappa shape index (κ1) is 6.47. The van der Waals surface area contributed by atoms with Crippen molar-refractivity contribution in [2.24, 2.45) is 0 Å². The van der Waals surface area contributed by atoms with E-state index in [0.717, 1.165) is 0 Å². The summed E-state index contributed by atoms with van der Waals surface area (Å²) < 4.78 is 0. The zero-order valence-electron chi connectivity index (χ0n) is 5.11. The number of nitrogens with zero attached hydrogens (tertiary/aromatic N) is 2. The van der Waals surface area contributed by atoms with Crippen molar-refractivity contribution in [2.75, 3.05) is 11.5 Å². The summed E-state index contributed by atoms with van der Waals surface area (Å²) in [6.45, 7) is 0. The predicted molar refractivity (Wildman–Crippen MR) is 36.2 cm³/mol. The van der Waals surface area contributed by atoms with Gasteiger partial charge in [-0.1, -0.05) is 0 Å². The van der Waals surface area contributed by atoms with Crippen LogP contribution in [0.2, 0.25) is 0 Å². The van der Waals surface area contributed by atoms with Crippen LogP contribution in [0.25, 0.3) is 0 Å². The fraction of sp³-hybridized carbons (Fsp3) is 0. The molecule has 0 aliphatic carbocycles. The number of carbonyl (C=O) groups excluding carboxylic acids is 1. The van der Waals surface area contributed by atoms with Crippen molar-refractivity contribution in [3.8, 4) is 0 Å². The lowest BCUT2D eigenvalue weighted by molar-refractivity contribution is 0.111. The molecule has 0 aromatic carbocycles. The molecular formula is C5H6N4O. The van der Waals surface area contributed by atoms with E-state index >= 15 is 0 Å². The van der Waals surface area contributed by atoms with Crippen LogP contribution in [-0.2, 0) is 0 Å². The summed E-state index contributed by atoms with van der Waals surface area (Å²) in [6, 6.07) is 0. The standard InChI is InChI=1S/C5H6N4O/c6-3-1-8-4(2-10)9-5(3)7/h1-2H,6H2,(H2,7,8,9).